The second kappa shape index (κ2) is 13.9. The molecule has 4 nitrogen and oxygen atoms in total. The minimum atomic E-state index is 0.738. The average Bonchev–Trinajstić information content (AvgIpc) is 2.74. The Hall–Kier alpha value is -2.20. The van der Waals surface area contributed by atoms with Gasteiger partial charge in [-0.15, -0.1) is 0 Å². The standard InChI is InChI=1S/C24H35N3O/c1-2-3-4-5-6-7-10-21-11-13-22(14-12-21)26-27-23-15-17-24(18-16-23)28-20-9-8-19-25/h11-18H,2-10,19-20,25H2,1H3/p+1. The Morgan fingerprint density at radius 3 is 1.96 bits per heavy atom. The molecule has 0 aliphatic carbocycles. The molecule has 2 aromatic rings. The molecule has 2 rings (SSSR count). The molecular weight excluding hydrogens is 346 g/mol. The van der Waals surface area contributed by atoms with Crippen molar-refractivity contribution < 1.29 is 10.5 Å². The number of quaternary nitrogens is 1. The molecule has 4 heteroatoms. The summed E-state index contributed by atoms with van der Waals surface area (Å²) in [5, 5.41) is 8.66. The zero-order chi connectivity index (χ0) is 19.9. The van der Waals surface area contributed by atoms with E-state index in [9.17, 15) is 0 Å². The molecule has 152 valence electrons. The second-order valence-corrected chi connectivity index (χ2v) is 7.29. The van der Waals surface area contributed by atoms with Crippen LogP contribution in [0.5, 0.6) is 5.75 Å². The first-order chi connectivity index (χ1) is 13.8. The van der Waals surface area contributed by atoms with Gasteiger partial charge in [-0.3, -0.25) is 0 Å². The van der Waals surface area contributed by atoms with E-state index in [1.807, 2.05) is 24.3 Å². The van der Waals surface area contributed by atoms with E-state index in [2.05, 4.69) is 47.2 Å². The van der Waals surface area contributed by atoms with Gasteiger partial charge in [-0.25, -0.2) is 0 Å². The molecule has 0 fully saturated rings. The van der Waals surface area contributed by atoms with Gasteiger partial charge in [0, 0.05) is 0 Å². The van der Waals surface area contributed by atoms with Crippen molar-refractivity contribution in [3.05, 3.63) is 54.1 Å². The molecule has 0 atom stereocenters. The molecule has 0 aliphatic heterocycles. The summed E-state index contributed by atoms with van der Waals surface area (Å²) in [4.78, 5) is 0. The second-order valence-electron chi connectivity index (χ2n) is 7.29. The normalized spacial score (nSPS) is 11.2. The monoisotopic (exact) mass is 382 g/mol. The molecule has 0 amide bonds. The van der Waals surface area contributed by atoms with Gasteiger partial charge in [0.25, 0.3) is 0 Å². The van der Waals surface area contributed by atoms with Crippen LogP contribution in [0.2, 0.25) is 0 Å². The van der Waals surface area contributed by atoms with E-state index < -0.39 is 0 Å². The summed E-state index contributed by atoms with van der Waals surface area (Å²) in [5.74, 6) is 0.877. The van der Waals surface area contributed by atoms with Gasteiger partial charge in [0.05, 0.1) is 24.5 Å². The molecule has 28 heavy (non-hydrogen) atoms. The Morgan fingerprint density at radius 2 is 1.32 bits per heavy atom. The van der Waals surface area contributed by atoms with Crippen molar-refractivity contribution in [2.45, 2.75) is 64.7 Å². The van der Waals surface area contributed by atoms with E-state index in [0.717, 1.165) is 49.5 Å². The number of benzene rings is 2. The summed E-state index contributed by atoms with van der Waals surface area (Å²) in [6.45, 7) is 3.96. The van der Waals surface area contributed by atoms with Crippen LogP contribution in [0.3, 0.4) is 0 Å². The summed E-state index contributed by atoms with van der Waals surface area (Å²) in [6.07, 6.45) is 11.3. The number of hydrogen-bond donors (Lipinski definition) is 1. The van der Waals surface area contributed by atoms with Crippen molar-refractivity contribution in [2.75, 3.05) is 13.2 Å². The Bertz CT molecular complexity index is 665. The summed E-state index contributed by atoms with van der Waals surface area (Å²) < 4.78 is 5.70. The van der Waals surface area contributed by atoms with Crippen LogP contribution in [0.4, 0.5) is 11.4 Å². The Balaban J connectivity index is 1.73. The van der Waals surface area contributed by atoms with Crippen LogP contribution < -0.4 is 10.5 Å². The average molecular weight is 383 g/mol. The number of unbranched alkanes of at least 4 members (excludes halogenated alkanes) is 6. The first-order valence-corrected chi connectivity index (χ1v) is 10.8. The fraction of sp³-hybridized carbons (Fsp3) is 0.500. The molecule has 0 unspecified atom stereocenters. The van der Waals surface area contributed by atoms with Crippen LogP contribution in [0, 0.1) is 0 Å². The van der Waals surface area contributed by atoms with Gasteiger partial charge in [-0.2, -0.15) is 10.2 Å². The quantitative estimate of drug-likeness (QED) is 0.298. The van der Waals surface area contributed by atoms with Crippen LogP contribution in [0.15, 0.2) is 58.8 Å². The van der Waals surface area contributed by atoms with E-state index in [1.54, 1.807) is 0 Å². The predicted molar refractivity (Wildman–Crippen MR) is 117 cm³/mol. The Labute approximate surface area is 170 Å². The fourth-order valence-corrected chi connectivity index (χ4v) is 3.03. The third-order valence-electron chi connectivity index (χ3n) is 4.79. The van der Waals surface area contributed by atoms with Crippen molar-refractivity contribution in [3.63, 3.8) is 0 Å². The van der Waals surface area contributed by atoms with E-state index in [4.69, 9.17) is 4.74 Å². The fourth-order valence-electron chi connectivity index (χ4n) is 3.03. The summed E-state index contributed by atoms with van der Waals surface area (Å²) in [6, 6.07) is 16.2. The molecular formula is C24H36N3O+. The number of azo groups is 1. The molecule has 0 saturated carbocycles. The predicted octanol–water partition coefficient (Wildman–Crippen LogP) is 6.41. The zero-order valence-corrected chi connectivity index (χ0v) is 17.4. The van der Waals surface area contributed by atoms with Crippen LogP contribution in [-0.2, 0) is 6.42 Å². The topological polar surface area (TPSA) is 61.6 Å². The van der Waals surface area contributed by atoms with Gasteiger partial charge < -0.3 is 10.5 Å². The van der Waals surface area contributed by atoms with Crippen molar-refractivity contribution in [1.29, 1.82) is 0 Å². The highest BCUT2D eigenvalue weighted by molar-refractivity contribution is 5.43. The summed E-state index contributed by atoms with van der Waals surface area (Å²) in [5.41, 5.74) is 6.95. The van der Waals surface area contributed by atoms with E-state index in [-0.39, 0.29) is 0 Å². The number of hydrogen-bond acceptors (Lipinski definition) is 3. The Kier molecular flexibility index (Phi) is 11.0. The number of rotatable bonds is 14. The van der Waals surface area contributed by atoms with Crippen molar-refractivity contribution in [2.24, 2.45) is 10.2 Å². The molecule has 0 bridgehead atoms. The first-order valence-electron chi connectivity index (χ1n) is 10.8. The Morgan fingerprint density at radius 1 is 0.714 bits per heavy atom. The maximum Gasteiger partial charge on any atom is 0.119 e. The summed E-state index contributed by atoms with van der Waals surface area (Å²) in [7, 11) is 0. The summed E-state index contributed by atoms with van der Waals surface area (Å²) >= 11 is 0. The third kappa shape index (κ3) is 9.14. The van der Waals surface area contributed by atoms with Crippen LogP contribution in [0.25, 0.3) is 0 Å². The molecule has 0 saturated heterocycles. The number of ether oxygens (including phenoxy) is 1. The molecule has 0 aliphatic rings. The van der Waals surface area contributed by atoms with Crippen LogP contribution >= 0.6 is 0 Å². The van der Waals surface area contributed by atoms with Gasteiger partial charge >= 0.3 is 0 Å². The van der Waals surface area contributed by atoms with E-state index >= 15 is 0 Å². The van der Waals surface area contributed by atoms with Gasteiger partial charge in [0.2, 0.25) is 0 Å². The third-order valence-corrected chi connectivity index (χ3v) is 4.79. The smallest absolute Gasteiger partial charge is 0.119 e. The molecule has 0 spiro atoms. The van der Waals surface area contributed by atoms with Crippen molar-refractivity contribution >= 4 is 11.4 Å². The zero-order valence-electron chi connectivity index (χ0n) is 17.4. The lowest BCUT2D eigenvalue weighted by Crippen LogP contribution is -2.50. The minimum absolute atomic E-state index is 0.738. The lowest BCUT2D eigenvalue weighted by atomic mass is 10.0. The molecule has 0 aromatic heterocycles. The lowest BCUT2D eigenvalue weighted by molar-refractivity contribution is -0.368. The van der Waals surface area contributed by atoms with Gasteiger partial charge in [-0.05, 0) is 67.6 Å². The highest BCUT2D eigenvalue weighted by Crippen LogP contribution is 2.22. The van der Waals surface area contributed by atoms with E-state index in [1.165, 1.54) is 44.1 Å². The van der Waals surface area contributed by atoms with Crippen molar-refractivity contribution in [1.82, 2.24) is 0 Å². The van der Waals surface area contributed by atoms with E-state index in [0.29, 0.717) is 0 Å². The molecule has 0 heterocycles. The highest BCUT2D eigenvalue weighted by atomic mass is 16.5. The molecule has 0 radical (unpaired) electrons. The largest absolute Gasteiger partial charge is 0.494 e. The number of aryl methyl sites for hydroxylation is 1. The molecule has 2 aromatic carbocycles. The lowest BCUT2D eigenvalue weighted by Gasteiger charge is -2.05. The van der Waals surface area contributed by atoms with Crippen molar-refractivity contribution in [3.8, 4) is 5.75 Å². The van der Waals surface area contributed by atoms with Gasteiger partial charge in [0.15, 0.2) is 0 Å². The molecule has 3 N–H and O–H groups in total. The maximum atomic E-state index is 5.70. The highest BCUT2D eigenvalue weighted by Gasteiger charge is 1.97. The van der Waals surface area contributed by atoms with Crippen LogP contribution in [-0.4, -0.2) is 13.2 Å². The first kappa shape index (κ1) is 22.1. The minimum Gasteiger partial charge on any atom is -0.494 e. The van der Waals surface area contributed by atoms with Crippen LogP contribution in [0.1, 0.15) is 63.9 Å². The van der Waals surface area contributed by atoms with Gasteiger partial charge in [-0.1, -0.05) is 51.2 Å². The maximum absolute atomic E-state index is 5.70. The van der Waals surface area contributed by atoms with Gasteiger partial charge in [0.1, 0.15) is 5.75 Å². The SMILES string of the molecule is CCCCCCCCc1ccc(N=Nc2ccc(OCCCC[NH3+])cc2)cc1. The number of nitrogens with zero attached hydrogens (tertiary/aromatic N) is 2.